The Kier molecular flexibility index (Phi) is 5.16. The third-order valence-corrected chi connectivity index (χ3v) is 5.09. The molecule has 29 heavy (non-hydrogen) atoms. The van der Waals surface area contributed by atoms with Gasteiger partial charge in [0.15, 0.2) is 0 Å². The van der Waals surface area contributed by atoms with Crippen molar-refractivity contribution in [1.82, 2.24) is 14.9 Å². The summed E-state index contributed by atoms with van der Waals surface area (Å²) in [6.45, 7) is 2.83. The highest BCUT2D eigenvalue weighted by atomic mass is 16.5. The first kappa shape index (κ1) is 18.9. The molecule has 0 radical (unpaired) electrons. The number of aromatic amines is 1. The van der Waals surface area contributed by atoms with Crippen LogP contribution in [0.4, 0.5) is 0 Å². The minimum absolute atomic E-state index is 0.0123. The summed E-state index contributed by atoms with van der Waals surface area (Å²) in [5.74, 6) is -0.841. The van der Waals surface area contributed by atoms with Gasteiger partial charge in [0.05, 0.1) is 6.33 Å². The van der Waals surface area contributed by atoms with Gasteiger partial charge in [0.2, 0.25) is 11.8 Å². The van der Waals surface area contributed by atoms with Crippen LogP contribution in [0.15, 0.2) is 45.9 Å². The molecular formula is C21H21N3O5. The van der Waals surface area contributed by atoms with Crippen molar-refractivity contribution in [2.45, 2.75) is 32.3 Å². The highest BCUT2D eigenvalue weighted by molar-refractivity contribution is 6.04. The van der Waals surface area contributed by atoms with Gasteiger partial charge in [-0.15, -0.1) is 0 Å². The first-order valence-electron chi connectivity index (χ1n) is 9.58. The maximum absolute atomic E-state index is 13.2. The highest BCUT2D eigenvalue weighted by Crippen LogP contribution is 2.27. The van der Waals surface area contributed by atoms with Gasteiger partial charge in [-0.05, 0) is 26.2 Å². The van der Waals surface area contributed by atoms with Crippen molar-refractivity contribution >= 4 is 23.0 Å². The molecule has 0 spiro atoms. The van der Waals surface area contributed by atoms with E-state index in [0.29, 0.717) is 18.7 Å². The van der Waals surface area contributed by atoms with Crippen LogP contribution in [0.25, 0.3) is 11.1 Å². The van der Waals surface area contributed by atoms with Gasteiger partial charge < -0.3 is 19.0 Å². The van der Waals surface area contributed by atoms with E-state index in [4.69, 9.17) is 9.15 Å². The third-order valence-electron chi connectivity index (χ3n) is 5.09. The van der Waals surface area contributed by atoms with Gasteiger partial charge in [0.25, 0.3) is 11.5 Å². The summed E-state index contributed by atoms with van der Waals surface area (Å²) in [4.78, 5) is 46.5. The molecule has 2 aromatic heterocycles. The number of furan rings is 1. The molecule has 0 unspecified atom stereocenters. The van der Waals surface area contributed by atoms with Crippen molar-refractivity contribution in [3.63, 3.8) is 0 Å². The van der Waals surface area contributed by atoms with Crippen molar-refractivity contribution in [2.24, 2.45) is 0 Å². The van der Waals surface area contributed by atoms with Crippen LogP contribution >= 0.6 is 0 Å². The predicted molar refractivity (Wildman–Crippen MR) is 104 cm³/mol. The van der Waals surface area contributed by atoms with Gasteiger partial charge in [0.1, 0.15) is 16.7 Å². The Morgan fingerprint density at radius 1 is 1.17 bits per heavy atom. The van der Waals surface area contributed by atoms with E-state index in [0.717, 1.165) is 19.3 Å². The first-order chi connectivity index (χ1) is 14.1. The summed E-state index contributed by atoms with van der Waals surface area (Å²) in [5.41, 5.74) is 0.116. The van der Waals surface area contributed by atoms with Gasteiger partial charge in [-0.25, -0.2) is 9.78 Å². The zero-order chi connectivity index (χ0) is 20.4. The average molecular weight is 395 g/mol. The molecule has 1 amide bonds. The summed E-state index contributed by atoms with van der Waals surface area (Å²) in [7, 11) is 0. The summed E-state index contributed by atoms with van der Waals surface area (Å²) in [6.07, 6.45) is 3.04. The number of nitrogens with zero attached hydrogens (tertiary/aromatic N) is 2. The van der Waals surface area contributed by atoms with Crippen LogP contribution < -0.4 is 5.56 Å². The largest absolute Gasteiger partial charge is 0.444 e. The fourth-order valence-electron chi connectivity index (χ4n) is 3.63. The van der Waals surface area contributed by atoms with Crippen molar-refractivity contribution < 1.29 is 18.7 Å². The van der Waals surface area contributed by atoms with Crippen molar-refractivity contribution in [3.05, 3.63) is 63.9 Å². The predicted octanol–water partition coefficient (Wildman–Crippen LogP) is 2.74. The van der Waals surface area contributed by atoms with Gasteiger partial charge in [-0.3, -0.25) is 9.59 Å². The van der Waals surface area contributed by atoms with Crippen molar-refractivity contribution in [2.75, 3.05) is 13.1 Å². The van der Waals surface area contributed by atoms with Crippen LogP contribution in [-0.2, 0) is 9.53 Å². The number of amides is 1. The Labute approximate surface area is 166 Å². The summed E-state index contributed by atoms with van der Waals surface area (Å²) >= 11 is 0. The van der Waals surface area contributed by atoms with Crippen LogP contribution in [0.5, 0.6) is 0 Å². The van der Waals surface area contributed by atoms with Crippen LogP contribution in [0.3, 0.4) is 0 Å². The Balaban J connectivity index is 1.70. The number of nitrogens with one attached hydrogen (secondary N) is 1. The quantitative estimate of drug-likeness (QED) is 0.681. The second-order valence-corrected chi connectivity index (χ2v) is 7.03. The highest BCUT2D eigenvalue weighted by Gasteiger charge is 2.33. The van der Waals surface area contributed by atoms with Crippen molar-refractivity contribution in [3.8, 4) is 0 Å². The maximum Gasteiger partial charge on any atom is 0.343 e. The fraction of sp³-hybridized carbons (Fsp3) is 0.333. The van der Waals surface area contributed by atoms with Crippen molar-refractivity contribution in [1.29, 1.82) is 0 Å². The molecule has 1 aromatic carbocycles. The molecule has 8 heteroatoms. The van der Waals surface area contributed by atoms with E-state index in [1.165, 1.54) is 6.33 Å². The van der Waals surface area contributed by atoms with Crippen LogP contribution in [0, 0.1) is 6.92 Å². The minimum Gasteiger partial charge on any atom is -0.444 e. The molecule has 4 rings (SSSR count). The van der Waals surface area contributed by atoms with Gasteiger partial charge in [-0.1, -0.05) is 30.3 Å². The number of fused-ring (bicyclic) bond motifs is 1. The summed E-state index contributed by atoms with van der Waals surface area (Å²) in [5, 5.41) is 0.0206. The summed E-state index contributed by atoms with van der Waals surface area (Å²) < 4.78 is 11.1. The molecule has 1 N–H and O–H groups in total. The number of aryl methyl sites for hydroxylation is 1. The standard InChI is InChI=1S/C21H21N3O5/c1-13-15(16-18(25)22-12-23-19(16)28-13)21(27)29-17(14-8-4-2-5-9-14)20(26)24-10-6-3-7-11-24/h2,4-5,8-9,12,17H,3,6-7,10-11H2,1H3,(H,22,23,25)/t17-/m1/s1. The molecule has 1 aliphatic heterocycles. The number of hydrogen-bond acceptors (Lipinski definition) is 6. The van der Waals surface area contributed by atoms with E-state index in [1.807, 2.05) is 6.07 Å². The van der Waals surface area contributed by atoms with E-state index >= 15 is 0 Å². The number of ether oxygens (including phenoxy) is 1. The molecule has 0 aliphatic carbocycles. The number of H-pyrrole nitrogens is 1. The number of hydrogen-bond donors (Lipinski definition) is 1. The number of piperidine rings is 1. The van der Waals surface area contributed by atoms with Crippen LogP contribution in [0.1, 0.15) is 47.0 Å². The summed E-state index contributed by atoms with van der Waals surface area (Å²) in [6, 6.07) is 8.88. The lowest BCUT2D eigenvalue weighted by Gasteiger charge is -2.30. The molecule has 0 bridgehead atoms. The van der Waals surface area contributed by atoms with E-state index in [-0.39, 0.29) is 28.3 Å². The smallest absolute Gasteiger partial charge is 0.343 e. The zero-order valence-electron chi connectivity index (χ0n) is 16.0. The molecule has 3 aromatic rings. The van der Waals surface area contributed by atoms with Gasteiger partial charge >= 0.3 is 5.97 Å². The number of rotatable bonds is 4. The fourth-order valence-corrected chi connectivity index (χ4v) is 3.63. The molecular weight excluding hydrogens is 374 g/mol. The number of aromatic nitrogens is 2. The zero-order valence-corrected chi connectivity index (χ0v) is 16.0. The van der Waals surface area contributed by atoms with E-state index in [1.54, 1.807) is 36.1 Å². The Morgan fingerprint density at radius 2 is 1.90 bits per heavy atom. The van der Waals surface area contributed by atoms with E-state index < -0.39 is 17.6 Å². The Morgan fingerprint density at radius 3 is 2.62 bits per heavy atom. The van der Waals surface area contributed by atoms with Gasteiger partial charge in [0, 0.05) is 18.7 Å². The van der Waals surface area contributed by atoms with Crippen LogP contribution in [0.2, 0.25) is 0 Å². The number of benzene rings is 1. The minimum atomic E-state index is -1.10. The van der Waals surface area contributed by atoms with E-state index in [9.17, 15) is 14.4 Å². The Bertz CT molecular complexity index is 1100. The first-order valence-corrected chi connectivity index (χ1v) is 9.58. The second-order valence-electron chi connectivity index (χ2n) is 7.03. The topological polar surface area (TPSA) is 106 Å². The monoisotopic (exact) mass is 395 g/mol. The van der Waals surface area contributed by atoms with E-state index in [2.05, 4.69) is 9.97 Å². The average Bonchev–Trinajstić information content (AvgIpc) is 3.10. The second kappa shape index (κ2) is 7.90. The number of carbonyl (C=O) groups excluding carboxylic acids is 2. The maximum atomic E-state index is 13.2. The third kappa shape index (κ3) is 3.65. The number of likely N-dealkylation sites (tertiary alicyclic amines) is 1. The lowest BCUT2D eigenvalue weighted by Crippen LogP contribution is -2.40. The SMILES string of the molecule is Cc1oc2nc[nH]c(=O)c2c1C(=O)O[C@@H](C(=O)N1CCCCC1)c1ccccc1. The molecule has 1 atom stereocenters. The molecule has 3 heterocycles. The lowest BCUT2D eigenvalue weighted by molar-refractivity contribution is -0.142. The number of esters is 1. The molecule has 1 fully saturated rings. The molecule has 8 nitrogen and oxygen atoms in total. The molecule has 0 saturated carbocycles. The molecule has 1 aliphatic rings. The number of carbonyl (C=O) groups is 2. The van der Waals surface area contributed by atoms with Gasteiger partial charge in [-0.2, -0.15) is 0 Å². The normalized spacial score (nSPS) is 15.3. The lowest BCUT2D eigenvalue weighted by atomic mass is 10.1. The molecule has 1 saturated heterocycles. The molecule has 150 valence electrons. The van der Waals surface area contributed by atoms with Crippen LogP contribution in [-0.4, -0.2) is 39.8 Å². The Hall–Kier alpha value is -3.42.